The van der Waals surface area contributed by atoms with E-state index in [0.717, 1.165) is 16.6 Å². The van der Waals surface area contributed by atoms with Crippen LogP contribution in [0.4, 0.5) is 0 Å². The molecule has 0 amide bonds. The monoisotopic (exact) mass is 316 g/mol. The molecule has 4 heterocycles. The average Bonchev–Trinajstić information content (AvgIpc) is 3.28. The van der Waals surface area contributed by atoms with Gasteiger partial charge in [-0.1, -0.05) is 0 Å². The van der Waals surface area contributed by atoms with E-state index < -0.39 is 24.5 Å². The van der Waals surface area contributed by atoms with Crippen molar-refractivity contribution >= 4 is 11.0 Å². The van der Waals surface area contributed by atoms with Crippen LogP contribution in [0.1, 0.15) is 6.23 Å². The van der Waals surface area contributed by atoms with Crippen LogP contribution in [-0.2, 0) is 4.74 Å². The Bertz CT molecular complexity index is 816. The van der Waals surface area contributed by atoms with E-state index in [1.165, 1.54) is 6.33 Å². The highest BCUT2D eigenvalue weighted by atomic mass is 16.6. The molecule has 8 nitrogen and oxygen atoms in total. The maximum absolute atomic E-state index is 10.2. The Morgan fingerprint density at radius 3 is 2.78 bits per heavy atom. The maximum Gasteiger partial charge on any atom is 0.164 e. The Labute approximate surface area is 131 Å². The number of aromatic amines is 1. The smallest absolute Gasteiger partial charge is 0.164 e. The average molecular weight is 316 g/mol. The van der Waals surface area contributed by atoms with Gasteiger partial charge in [0.25, 0.3) is 0 Å². The maximum atomic E-state index is 10.2. The van der Waals surface area contributed by atoms with Crippen LogP contribution in [-0.4, -0.2) is 59.8 Å². The summed E-state index contributed by atoms with van der Waals surface area (Å²) in [5, 5.41) is 30.1. The highest BCUT2D eigenvalue weighted by Gasteiger charge is 2.43. The first-order chi connectivity index (χ1) is 11.2. The molecule has 4 atom stereocenters. The minimum atomic E-state index is -1.14. The first-order valence-corrected chi connectivity index (χ1v) is 7.28. The van der Waals surface area contributed by atoms with Gasteiger partial charge >= 0.3 is 0 Å². The molecule has 120 valence electrons. The fraction of sp³-hybridized carbons (Fsp3) is 0.333. The second-order valence-electron chi connectivity index (χ2n) is 5.51. The molecule has 4 rings (SSSR count). The van der Waals surface area contributed by atoms with Gasteiger partial charge in [0.1, 0.15) is 30.3 Å². The van der Waals surface area contributed by atoms with Crippen molar-refractivity contribution in [2.45, 2.75) is 24.5 Å². The second kappa shape index (κ2) is 5.43. The van der Waals surface area contributed by atoms with Crippen LogP contribution in [0.25, 0.3) is 22.3 Å². The molecule has 23 heavy (non-hydrogen) atoms. The van der Waals surface area contributed by atoms with E-state index in [2.05, 4.69) is 15.0 Å². The molecule has 3 aromatic heterocycles. The molecule has 1 saturated heterocycles. The van der Waals surface area contributed by atoms with Gasteiger partial charge in [-0.05, 0) is 12.1 Å². The first-order valence-electron chi connectivity index (χ1n) is 7.28. The van der Waals surface area contributed by atoms with Crippen molar-refractivity contribution in [1.82, 2.24) is 19.5 Å². The molecule has 0 saturated carbocycles. The zero-order valence-electron chi connectivity index (χ0n) is 12.1. The van der Waals surface area contributed by atoms with Gasteiger partial charge in [-0.15, -0.1) is 0 Å². The van der Waals surface area contributed by atoms with Crippen LogP contribution < -0.4 is 0 Å². The summed E-state index contributed by atoms with van der Waals surface area (Å²) in [6, 6.07) is 3.75. The molecule has 1 unspecified atom stereocenters. The number of hydrogen-bond donors (Lipinski definition) is 4. The number of nitrogens with one attached hydrogen (secondary N) is 1. The lowest BCUT2D eigenvalue weighted by Gasteiger charge is -2.17. The quantitative estimate of drug-likeness (QED) is 0.542. The molecular formula is C15H16N4O4. The van der Waals surface area contributed by atoms with Crippen molar-refractivity contribution in [1.29, 1.82) is 0 Å². The van der Waals surface area contributed by atoms with E-state index in [1.807, 2.05) is 24.5 Å². The number of aromatic nitrogens is 4. The van der Waals surface area contributed by atoms with E-state index in [0.29, 0.717) is 5.65 Å². The van der Waals surface area contributed by atoms with Gasteiger partial charge in [0.15, 0.2) is 6.23 Å². The van der Waals surface area contributed by atoms with Crippen molar-refractivity contribution in [3.05, 3.63) is 37.1 Å². The molecule has 0 spiro atoms. The van der Waals surface area contributed by atoms with Crippen LogP contribution in [0.2, 0.25) is 0 Å². The molecule has 3 aromatic rings. The molecule has 4 N–H and O–H groups in total. The number of fused-ring (bicyclic) bond motifs is 1. The van der Waals surface area contributed by atoms with E-state index in [-0.39, 0.29) is 6.61 Å². The topological polar surface area (TPSA) is 116 Å². The van der Waals surface area contributed by atoms with Crippen molar-refractivity contribution in [2.75, 3.05) is 6.61 Å². The zero-order valence-corrected chi connectivity index (χ0v) is 12.1. The Kier molecular flexibility index (Phi) is 3.38. The molecule has 1 aliphatic rings. The standard InChI is InChI=1S/C15H16N4O4/c20-6-10-12(21)13(22)15(23-10)19-4-2-9-11(8-1-3-16-5-8)17-7-18-14(9)19/h1-5,7,10,12-13,15-16,20-22H,6H2/t10?,12-,13-,15+/m0/s1. The molecule has 8 heteroatoms. The lowest BCUT2D eigenvalue weighted by Crippen LogP contribution is -2.33. The molecular weight excluding hydrogens is 300 g/mol. The van der Waals surface area contributed by atoms with Gasteiger partial charge in [0.05, 0.1) is 12.3 Å². The minimum absolute atomic E-state index is 0.364. The summed E-state index contributed by atoms with van der Waals surface area (Å²) in [4.78, 5) is 11.6. The van der Waals surface area contributed by atoms with Crippen molar-refractivity contribution < 1.29 is 20.1 Å². The lowest BCUT2D eigenvalue weighted by molar-refractivity contribution is -0.0508. The Morgan fingerprint density at radius 2 is 2.09 bits per heavy atom. The van der Waals surface area contributed by atoms with Crippen molar-refractivity contribution in [2.24, 2.45) is 0 Å². The third-order valence-corrected chi connectivity index (χ3v) is 4.17. The van der Waals surface area contributed by atoms with Crippen molar-refractivity contribution in [3.63, 3.8) is 0 Å². The Morgan fingerprint density at radius 1 is 1.22 bits per heavy atom. The van der Waals surface area contributed by atoms with Crippen LogP contribution >= 0.6 is 0 Å². The van der Waals surface area contributed by atoms with Crippen LogP contribution in [0, 0.1) is 0 Å². The highest BCUT2D eigenvalue weighted by Crippen LogP contribution is 2.33. The predicted octanol–water partition coefficient (Wildman–Crippen LogP) is 0.0379. The third kappa shape index (κ3) is 2.15. The van der Waals surface area contributed by atoms with Crippen LogP contribution in [0.15, 0.2) is 37.1 Å². The zero-order chi connectivity index (χ0) is 16.0. The van der Waals surface area contributed by atoms with Crippen LogP contribution in [0.5, 0.6) is 0 Å². The minimum Gasteiger partial charge on any atom is -0.394 e. The lowest BCUT2D eigenvalue weighted by atomic mass is 10.1. The van der Waals surface area contributed by atoms with E-state index in [4.69, 9.17) is 4.74 Å². The molecule has 0 aromatic carbocycles. The van der Waals surface area contributed by atoms with E-state index in [9.17, 15) is 15.3 Å². The molecule has 0 aliphatic carbocycles. The summed E-state index contributed by atoms with van der Waals surface area (Å²) in [6.07, 6.45) is 2.91. The largest absolute Gasteiger partial charge is 0.394 e. The van der Waals surface area contributed by atoms with Gasteiger partial charge in [-0.3, -0.25) is 0 Å². The molecule has 0 radical (unpaired) electrons. The van der Waals surface area contributed by atoms with Gasteiger partial charge in [0, 0.05) is 29.5 Å². The van der Waals surface area contributed by atoms with Crippen molar-refractivity contribution in [3.8, 4) is 11.3 Å². The SMILES string of the molecule is OCC1O[C@@H](n2ccc3c(-c4cc[nH]c4)ncnc32)[C@@H](O)[C@H]1O. The van der Waals surface area contributed by atoms with E-state index in [1.54, 1.807) is 10.8 Å². The Hall–Kier alpha value is -2.26. The van der Waals surface area contributed by atoms with Crippen LogP contribution in [0.3, 0.4) is 0 Å². The molecule has 1 fully saturated rings. The summed E-state index contributed by atoms with van der Waals surface area (Å²) in [5.41, 5.74) is 2.28. The van der Waals surface area contributed by atoms with Gasteiger partial charge in [-0.2, -0.15) is 0 Å². The van der Waals surface area contributed by atoms with E-state index >= 15 is 0 Å². The number of ether oxygens (including phenoxy) is 1. The summed E-state index contributed by atoms with van der Waals surface area (Å²) in [5.74, 6) is 0. The number of aliphatic hydroxyl groups excluding tert-OH is 3. The number of aliphatic hydroxyl groups is 3. The highest BCUT2D eigenvalue weighted by molar-refractivity contribution is 5.90. The summed E-state index contributed by atoms with van der Waals surface area (Å²) < 4.78 is 7.21. The third-order valence-electron chi connectivity index (χ3n) is 4.17. The molecule has 1 aliphatic heterocycles. The number of nitrogens with zero attached hydrogens (tertiary/aromatic N) is 3. The summed E-state index contributed by atoms with van der Waals surface area (Å²) in [7, 11) is 0. The fourth-order valence-corrected chi connectivity index (χ4v) is 2.99. The number of hydrogen-bond acceptors (Lipinski definition) is 6. The molecule has 0 bridgehead atoms. The normalized spacial score (nSPS) is 27.8. The fourth-order valence-electron chi connectivity index (χ4n) is 2.99. The number of rotatable bonds is 3. The van der Waals surface area contributed by atoms with Gasteiger partial charge in [-0.25, -0.2) is 9.97 Å². The van der Waals surface area contributed by atoms with Gasteiger partial charge < -0.3 is 29.6 Å². The second-order valence-corrected chi connectivity index (χ2v) is 5.51. The Balaban J connectivity index is 1.80. The van der Waals surface area contributed by atoms with Gasteiger partial charge in [0.2, 0.25) is 0 Å². The number of H-pyrrole nitrogens is 1. The summed E-state index contributed by atoms with van der Waals surface area (Å²) >= 11 is 0. The summed E-state index contributed by atoms with van der Waals surface area (Å²) in [6.45, 7) is -0.364. The predicted molar refractivity (Wildman–Crippen MR) is 80.3 cm³/mol. The first kappa shape index (κ1) is 14.3.